The predicted octanol–water partition coefficient (Wildman–Crippen LogP) is 5.77. The van der Waals surface area contributed by atoms with Gasteiger partial charge in [0.15, 0.2) is 0 Å². The molecule has 0 radical (unpaired) electrons. The summed E-state index contributed by atoms with van der Waals surface area (Å²) in [5.41, 5.74) is 0.324. The van der Waals surface area contributed by atoms with Crippen LogP contribution in [0.5, 0.6) is 0 Å². The summed E-state index contributed by atoms with van der Waals surface area (Å²) in [5.74, 6) is 0.363. The van der Waals surface area contributed by atoms with Crippen molar-refractivity contribution in [3.8, 4) is 0 Å². The first kappa shape index (κ1) is 18.1. The zero-order valence-electron chi connectivity index (χ0n) is 17.4. The molecule has 0 amide bonds. The maximum absolute atomic E-state index is 13.1. The Labute approximate surface area is 176 Å². The molecule has 2 aliphatic carbocycles. The minimum Gasteiger partial charge on any atom is -0.455 e. The van der Waals surface area contributed by atoms with Crippen LogP contribution in [0.4, 0.5) is 0 Å². The highest BCUT2D eigenvalue weighted by Crippen LogP contribution is 2.49. The van der Waals surface area contributed by atoms with Crippen LogP contribution in [0.2, 0.25) is 0 Å². The van der Waals surface area contributed by atoms with E-state index in [2.05, 4.69) is 54.6 Å². The van der Waals surface area contributed by atoms with Gasteiger partial charge in [-0.3, -0.25) is 4.79 Å². The van der Waals surface area contributed by atoms with Gasteiger partial charge in [-0.05, 0) is 77.3 Å². The summed E-state index contributed by atoms with van der Waals surface area (Å²) in [6.45, 7) is 4.00. The first-order valence-corrected chi connectivity index (χ1v) is 11.0. The van der Waals surface area contributed by atoms with E-state index < -0.39 is 5.60 Å². The minimum atomic E-state index is -0.722. The molecule has 0 heterocycles. The van der Waals surface area contributed by atoms with Crippen molar-refractivity contribution in [1.82, 2.24) is 0 Å². The molecule has 2 bridgehead atoms. The van der Waals surface area contributed by atoms with Gasteiger partial charge in [0.25, 0.3) is 0 Å². The number of hydrogen-bond donors (Lipinski definition) is 1. The summed E-state index contributed by atoms with van der Waals surface area (Å²) in [7, 11) is 0. The quantitative estimate of drug-likeness (QED) is 0.352. The van der Waals surface area contributed by atoms with E-state index in [-0.39, 0.29) is 29.8 Å². The fraction of sp³-hybridized carbons (Fsp3) is 0.370. The highest BCUT2D eigenvalue weighted by Gasteiger charge is 2.49. The Bertz CT molecular complexity index is 1270. The first-order chi connectivity index (χ1) is 14.4. The third-order valence-electron chi connectivity index (χ3n) is 7.66. The van der Waals surface area contributed by atoms with Crippen molar-refractivity contribution in [3.63, 3.8) is 0 Å². The number of aliphatic hydroxyl groups excluding tert-OH is 1. The van der Waals surface area contributed by atoms with Crippen LogP contribution in [0, 0.1) is 17.8 Å². The Morgan fingerprint density at radius 1 is 0.867 bits per heavy atom. The molecule has 4 aromatic carbocycles. The van der Waals surface area contributed by atoms with E-state index in [9.17, 15) is 9.90 Å². The average Bonchev–Trinajstić information content (AvgIpc) is 3.31. The lowest BCUT2D eigenvalue weighted by Gasteiger charge is -2.31. The van der Waals surface area contributed by atoms with Gasteiger partial charge < -0.3 is 9.84 Å². The Morgan fingerprint density at radius 2 is 1.53 bits per heavy atom. The van der Waals surface area contributed by atoms with Crippen LogP contribution in [0.15, 0.2) is 54.6 Å². The topological polar surface area (TPSA) is 46.5 Å². The number of aliphatic hydroxyl groups is 1. The molecule has 152 valence electrons. The Balaban J connectivity index is 1.42. The van der Waals surface area contributed by atoms with Crippen LogP contribution in [0.25, 0.3) is 32.3 Å². The van der Waals surface area contributed by atoms with E-state index in [0.717, 1.165) is 30.2 Å². The summed E-state index contributed by atoms with van der Waals surface area (Å²) in [6, 6.07) is 19.4. The maximum atomic E-state index is 13.1. The van der Waals surface area contributed by atoms with Crippen molar-refractivity contribution >= 4 is 38.3 Å². The largest absolute Gasteiger partial charge is 0.455 e. The first-order valence-electron chi connectivity index (χ1n) is 11.0. The minimum absolute atomic E-state index is 0.0718. The van der Waals surface area contributed by atoms with E-state index >= 15 is 0 Å². The Kier molecular flexibility index (Phi) is 3.74. The van der Waals surface area contributed by atoms with Crippen LogP contribution in [0.1, 0.15) is 38.7 Å². The number of rotatable bonds is 3. The molecule has 0 aliphatic heterocycles. The van der Waals surface area contributed by atoms with Crippen molar-refractivity contribution in [3.05, 3.63) is 60.2 Å². The maximum Gasteiger partial charge on any atom is 0.310 e. The summed E-state index contributed by atoms with van der Waals surface area (Å²) >= 11 is 0. The Morgan fingerprint density at radius 3 is 2.20 bits per heavy atom. The second-order valence-corrected chi connectivity index (χ2v) is 9.80. The molecule has 0 saturated heterocycles. The molecule has 2 aliphatic rings. The molecule has 4 aromatic rings. The van der Waals surface area contributed by atoms with Gasteiger partial charge in [0.1, 0.15) is 5.60 Å². The summed E-state index contributed by atoms with van der Waals surface area (Å²) in [6.07, 6.45) is 2.23. The van der Waals surface area contributed by atoms with E-state index in [1.54, 1.807) is 0 Å². The third-order valence-corrected chi connectivity index (χ3v) is 7.66. The number of carbonyl (C=O) groups excluding carboxylic acids is 1. The lowest BCUT2D eigenvalue weighted by atomic mass is 9.85. The molecule has 0 spiro atoms. The lowest BCUT2D eigenvalue weighted by Crippen LogP contribution is -2.34. The summed E-state index contributed by atoms with van der Waals surface area (Å²) < 4.78 is 6.17. The van der Waals surface area contributed by atoms with Gasteiger partial charge in [-0.25, -0.2) is 0 Å². The van der Waals surface area contributed by atoms with E-state index in [1.807, 2.05) is 13.8 Å². The fourth-order valence-electron chi connectivity index (χ4n) is 6.18. The molecule has 2 fully saturated rings. The molecule has 1 N–H and O–H groups in total. The van der Waals surface area contributed by atoms with E-state index in [4.69, 9.17) is 4.74 Å². The van der Waals surface area contributed by atoms with Crippen LogP contribution < -0.4 is 0 Å². The lowest BCUT2D eigenvalue weighted by molar-refractivity contribution is -0.165. The molecular weight excluding hydrogens is 372 g/mol. The van der Waals surface area contributed by atoms with Crippen molar-refractivity contribution in [2.45, 2.75) is 44.8 Å². The molecule has 6 rings (SSSR count). The molecule has 3 nitrogen and oxygen atoms in total. The number of carbonyl (C=O) groups is 1. The molecule has 4 atom stereocenters. The van der Waals surface area contributed by atoms with Gasteiger partial charge in [0.2, 0.25) is 0 Å². The van der Waals surface area contributed by atoms with Gasteiger partial charge >= 0.3 is 5.97 Å². The van der Waals surface area contributed by atoms with Crippen LogP contribution in [-0.4, -0.2) is 17.2 Å². The zero-order valence-corrected chi connectivity index (χ0v) is 17.4. The average molecular weight is 399 g/mol. The normalized spacial score (nSPS) is 26.2. The molecular formula is C27H26O3. The number of hydrogen-bond acceptors (Lipinski definition) is 3. The second kappa shape index (κ2) is 6.18. The third kappa shape index (κ3) is 2.51. The monoisotopic (exact) mass is 398 g/mol. The Hall–Kier alpha value is -2.65. The molecule has 2 saturated carbocycles. The van der Waals surface area contributed by atoms with Crippen molar-refractivity contribution in [2.24, 2.45) is 17.8 Å². The zero-order chi connectivity index (χ0) is 20.6. The van der Waals surface area contributed by atoms with Crippen LogP contribution >= 0.6 is 0 Å². The molecule has 3 heteroatoms. The molecule has 0 aromatic heterocycles. The van der Waals surface area contributed by atoms with Crippen molar-refractivity contribution < 1.29 is 14.6 Å². The fourth-order valence-corrected chi connectivity index (χ4v) is 6.18. The van der Waals surface area contributed by atoms with Crippen LogP contribution in [0.3, 0.4) is 0 Å². The van der Waals surface area contributed by atoms with Gasteiger partial charge in [0, 0.05) is 5.56 Å². The van der Waals surface area contributed by atoms with E-state index in [0.29, 0.717) is 0 Å². The number of fused-ring (bicyclic) bond motifs is 2. The van der Waals surface area contributed by atoms with Gasteiger partial charge in [-0.1, -0.05) is 54.6 Å². The standard InChI is InChI=1S/C27H26O3/c1-27(2,30-26(29)21-13-19-12-18(21)14-23(19)28)22-11-9-17-7-6-15-4-3-5-16-8-10-20(22)25(17)24(15)16/h3-11,18-19,21,23,28H,12-14H2,1-2H3. The smallest absolute Gasteiger partial charge is 0.310 e. The van der Waals surface area contributed by atoms with Gasteiger partial charge in [-0.15, -0.1) is 0 Å². The summed E-state index contributed by atoms with van der Waals surface area (Å²) in [5, 5.41) is 17.4. The second-order valence-electron chi connectivity index (χ2n) is 9.80. The van der Waals surface area contributed by atoms with Crippen molar-refractivity contribution in [1.29, 1.82) is 0 Å². The predicted molar refractivity (Wildman–Crippen MR) is 120 cm³/mol. The van der Waals surface area contributed by atoms with Crippen molar-refractivity contribution in [2.75, 3.05) is 0 Å². The van der Waals surface area contributed by atoms with E-state index in [1.165, 1.54) is 26.9 Å². The molecule has 30 heavy (non-hydrogen) atoms. The SMILES string of the molecule is CC(C)(OC(=O)C1CC2CC1CC2O)c1ccc2ccc3cccc4ccc1c2c34. The molecule has 4 unspecified atom stereocenters. The van der Waals surface area contributed by atoms with Crippen LogP contribution in [-0.2, 0) is 15.1 Å². The highest BCUT2D eigenvalue weighted by molar-refractivity contribution is 6.23. The number of benzene rings is 4. The number of esters is 1. The van der Waals surface area contributed by atoms with Gasteiger partial charge in [-0.2, -0.15) is 0 Å². The van der Waals surface area contributed by atoms with Gasteiger partial charge in [0.05, 0.1) is 12.0 Å². The number of ether oxygens (including phenoxy) is 1. The highest BCUT2D eigenvalue weighted by atomic mass is 16.6. The summed E-state index contributed by atoms with van der Waals surface area (Å²) in [4.78, 5) is 13.1.